The van der Waals surface area contributed by atoms with Crippen LogP contribution in [-0.2, 0) is 0 Å². The number of hydrogen-bond donors (Lipinski definition) is 2. The quantitative estimate of drug-likeness (QED) is 0.345. The molecule has 10 heavy (non-hydrogen) atoms. The summed E-state index contributed by atoms with van der Waals surface area (Å²) in [7, 11) is 0. The van der Waals surface area contributed by atoms with Gasteiger partial charge in [0.05, 0.1) is 5.57 Å². The van der Waals surface area contributed by atoms with Gasteiger partial charge in [-0.3, -0.25) is 0 Å². The molecule has 0 aliphatic carbocycles. The summed E-state index contributed by atoms with van der Waals surface area (Å²) in [5.41, 5.74) is -0.0903. The molecule has 0 fully saturated rings. The van der Waals surface area contributed by atoms with E-state index in [1.807, 2.05) is 0 Å². The van der Waals surface area contributed by atoms with Crippen LogP contribution < -0.4 is 0 Å². The minimum Gasteiger partial charge on any atom is -0.509 e. The molecule has 52 valence electrons. The van der Waals surface area contributed by atoms with E-state index in [1.54, 1.807) is 6.07 Å². The molecule has 0 saturated heterocycles. The first-order chi connectivity index (χ1) is 4.57. The summed E-state index contributed by atoms with van der Waals surface area (Å²) in [6, 6.07) is 1.62. The van der Waals surface area contributed by atoms with Gasteiger partial charge in [-0.1, -0.05) is 13.2 Å². The van der Waals surface area contributed by atoms with E-state index in [2.05, 4.69) is 13.2 Å². The number of rotatable bonds is 2. The fraction of sp³-hybridized carbons (Fsp3) is 0. The summed E-state index contributed by atoms with van der Waals surface area (Å²) >= 11 is 0. The second-order valence-electron chi connectivity index (χ2n) is 1.61. The normalized spacial score (nSPS) is 10.1. The maximum Gasteiger partial charge on any atom is 0.126 e. The van der Waals surface area contributed by atoms with Crippen molar-refractivity contribution in [1.29, 1.82) is 5.26 Å². The van der Waals surface area contributed by atoms with Gasteiger partial charge < -0.3 is 10.2 Å². The van der Waals surface area contributed by atoms with E-state index in [0.29, 0.717) is 0 Å². The molecular formula is C7H7NO2. The third kappa shape index (κ3) is 2.58. The minimum atomic E-state index is -0.377. The largest absolute Gasteiger partial charge is 0.509 e. The fourth-order valence-corrected chi connectivity index (χ4v) is 0.347. The van der Waals surface area contributed by atoms with Gasteiger partial charge in [0.1, 0.15) is 17.6 Å². The van der Waals surface area contributed by atoms with Crippen molar-refractivity contribution in [2.24, 2.45) is 0 Å². The second kappa shape index (κ2) is 3.36. The molecule has 0 atom stereocenters. The first kappa shape index (κ1) is 8.31. The van der Waals surface area contributed by atoms with E-state index in [0.717, 1.165) is 6.08 Å². The Hall–Kier alpha value is -1.69. The summed E-state index contributed by atoms with van der Waals surface area (Å²) < 4.78 is 0. The zero-order valence-corrected chi connectivity index (χ0v) is 5.33. The molecule has 3 nitrogen and oxygen atoms in total. The molecule has 0 aromatic carbocycles. The lowest BCUT2D eigenvalue weighted by molar-refractivity contribution is 0.420. The van der Waals surface area contributed by atoms with Crippen LogP contribution in [0.3, 0.4) is 0 Å². The Morgan fingerprint density at radius 1 is 1.40 bits per heavy atom. The third-order valence-electron chi connectivity index (χ3n) is 0.742. The number of nitrogens with zero attached hydrogens (tertiary/aromatic N) is 1. The number of nitriles is 1. The molecule has 0 spiro atoms. The molecule has 0 heterocycles. The maximum atomic E-state index is 8.62. The molecule has 0 radical (unpaired) electrons. The molecule has 0 aromatic heterocycles. The molecular weight excluding hydrogens is 130 g/mol. The zero-order chi connectivity index (χ0) is 8.15. The van der Waals surface area contributed by atoms with Crippen molar-refractivity contribution >= 4 is 0 Å². The fourth-order valence-electron chi connectivity index (χ4n) is 0.347. The molecule has 0 saturated carbocycles. The number of hydrogen-bond acceptors (Lipinski definition) is 3. The Morgan fingerprint density at radius 2 is 1.90 bits per heavy atom. The topological polar surface area (TPSA) is 64.2 Å². The van der Waals surface area contributed by atoms with E-state index >= 15 is 0 Å². The average molecular weight is 137 g/mol. The number of aliphatic hydroxyl groups excluding tert-OH is 2. The lowest BCUT2D eigenvalue weighted by Gasteiger charge is -1.91. The van der Waals surface area contributed by atoms with E-state index in [9.17, 15) is 0 Å². The maximum absolute atomic E-state index is 8.62. The molecule has 0 amide bonds. The lowest BCUT2D eigenvalue weighted by Crippen LogP contribution is -1.83. The molecule has 0 aliphatic rings. The monoisotopic (exact) mass is 137 g/mol. The minimum absolute atomic E-state index is 0.0903. The van der Waals surface area contributed by atoms with Crippen molar-refractivity contribution in [3.05, 3.63) is 36.3 Å². The van der Waals surface area contributed by atoms with Crippen molar-refractivity contribution in [3.8, 4) is 6.07 Å². The average Bonchev–Trinajstić information content (AvgIpc) is 1.81. The van der Waals surface area contributed by atoms with E-state index in [-0.39, 0.29) is 17.1 Å². The van der Waals surface area contributed by atoms with Gasteiger partial charge in [-0.05, 0) is 0 Å². The van der Waals surface area contributed by atoms with Crippen molar-refractivity contribution in [2.75, 3.05) is 0 Å². The van der Waals surface area contributed by atoms with Gasteiger partial charge in [-0.2, -0.15) is 5.26 Å². The molecule has 0 bridgehead atoms. The van der Waals surface area contributed by atoms with Crippen LogP contribution in [-0.4, -0.2) is 10.2 Å². The summed E-state index contributed by atoms with van der Waals surface area (Å²) in [6.45, 7) is 6.19. The Kier molecular flexibility index (Phi) is 2.79. The first-order valence-corrected chi connectivity index (χ1v) is 2.46. The first-order valence-electron chi connectivity index (χ1n) is 2.46. The van der Waals surface area contributed by atoms with E-state index in [4.69, 9.17) is 15.5 Å². The van der Waals surface area contributed by atoms with Crippen LogP contribution in [0, 0.1) is 11.3 Å². The van der Waals surface area contributed by atoms with E-state index in [1.165, 1.54) is 0 Å². The van der Waals surface area contributed by atoms with Gasteiger partial charge in [0, 0.05) is 6.08 Å². The van der Waals surface area contributed by atoms with Gasteiger partial charge in [-0.15, -0.1) is 0 Å². The Balaban J connectivity index is 4.55. The van der Waals surface area contributed by atoms with Gasteiger partial charge >= 0.3 is 0 Å². The van der Waals surface area contributed by atoms with Crippen LogP contribution >= 0.6 is 0 Å². The smallest absolute Gasteiger partial charge is 0.126 e. The SMILES string of the molecule is C=C(O)/C=C(/C#N)C(=C)O. The van der Waals surface area contributed by atoms with E-state index < -0.39 is 0 Å². The summed E-state index contributed by atoms with van der Waals surface area (Å²) in [5, 5.41) is 25.4. The highest BCUT2D eigenvalue weighted by molar-refractivity contribution is 5.39. The second-order valence-corrected chi connectivity index (χ2v) is 1.61. The number of aliphatic hydroxyl groups is 2. The van der Waals surface area contributed by atoms with Crippen LogP contribution in [0.2, 0.25) is 0 Å². The van der Waals surface area contributed by atoms with Crippen molar-refractivity contribution in [2.45, 2.75) is 0 Å². The molecule has 0 unspecified atom stereocenters. The summed E-state index contributed by atoms with van der Waals surface area (Å²) in [6.07, 6.45) is 1.03. The van der Waals surface area contributed by atoms with Crippen LogP contribution in [0.25, 0.3) is 0 Å². The van der Waals surface area contributed by atoms with Gasteiger partial charge in [0.15, 0.2) is 0 Å². The van der Waals surface area contributed by atoms with Crippen LogP contribution in [0.1, 0.15) is 0 Å². The van der Waals surface area contributed by atoms with Crippen molar-refractivity contribution in [3.63, 3.8) is 0 Å². The van der Waals surface area contributed by atoms with Crippen molar-refractivity contribution < 1.29 is 10.2 Å². The van der Waals surface area contributed by atoms with Gasteiger partial charge in [0.2, 0.25) is 0 Å². The predicted molar refractivity (Wildman–Crippen MR) is 37.2 cm³/mol. The summed E-state index contributed by atoms with van der Waals surface area (Å²) in [5.74, 6) is -0.663. The zero-order valence-electron chi connectivity index (χ0n) is 5.33. The van der Waals surface area contributed by atoms with Crippen LogP contribution in [0.4, 0.5) is 0 Å². The molecule has 2 N–H and O–H groups in total. The highest BCUT2D eigenvalue weighted by Crippen LogP contribution is 2.03. The third-order valence-corrected chi connectivity index (χ3v) is 0.742. The predicted octanol–water partition coefficient (Wildman–Crippen LogP) is 1.58. The molecule has 3 heteroatoms. The standard InChI is InChI=1S/C7H7NO2/c1-5(9)3-7(4-8)6(2)10/h3,9-10H,1-2H2/b7-3-. The summed E-state index contributed by atoms with van der Waals surface area (Å²) in [4.78, 5) is 0. The van der Waals surface area contributed by atoms with Crippen LogP contribution in [0.5, 0.6) is 0 Å². The highest BCUT2D eigenvalue weighted by atomic mass is 16.3. The highest BCUT2D eigenvalue weighted by Gasteiger charge is 1.97. The Morgan fingerprint density at radius 3 is 2.00 bits per heavy atom. The Labute approximate surface area is 58.8 Å². The van der Waals surface area contributed by atoms with Gasteiger partial charge in [0.25, 0.3) is 0 Å². The van der Waals surface area contributed by atoms with Crippen molar-refractivity contribution in [1.82, 2.24) is 0 Å². The molecule has 0 aromatic rings. The lowest BCUT2D eigenvalue weighted by atomic mass is 10.2. The Bertz CT molecular complexity index is 232. The van der Waals surface area contributed by atoms with Gasteiger partial charge in [-0.25, -0.2) is 0 Å². The van der Waals surface area contributed by atoms with Crippen LogP contribution in [0.15, 0.2) is 36.3 Å². The number of allylic oxidation sites excluding steroid dienone is 2. The molecule has 0 rings (SSSR count). The molecule has 0 aliphatic heterocycles.